The Hall–Kier alpha value is -2.20. The van der Waals surface area contributed by atoms with Gasteiger partial charge in [0.05, 0.1) is 24.5 Å². The fourth-order valence-electron chi connectivity index (χ4n) is 8.35. The number of halogens is 8. The van der Waals surface area contributed by atoms with Crippen molar-refractivity contribution in [2.45, 2.75) is 146 Å². The molecule has 3 fully saturated rings. The third kappa shape index (κ3) is 9.99. The lowest BCUT2D eigenvalue weighted by Crippen LogP contribution is -2.42. The van der Waals surface area contributed by atoms with Gasteiger partial charge in [0, 0.05) is 0 Å². The zero-order chi connectivity index (χ0) is 35.2. The molecule has 0 aliphatic heterocycles. The summed E-state index contributed by atoms with van der Waals surface area (Å²) < 4.78 is 125. The largest absolute Gasteiger partial charge is 0.358 e. The number of hydrogen-bond acceptors (Lipinski definition) is 2. The van der Waals surface area contributed by atoms with E-state index >= 15 is 13.2 Å². The summed E-state index contributed by atoms with van der Waals surface area (Å²) >= 11 is 0. The van der Waals surface area contributed by atoms with Crippen LogP contribution in [-0.4, -0.2) is 24.9 Å². The topological polar surface area (TPSA) is 18.5 Å². The molecule has 0 atom stereocenters. The average Bonchev–Trinajstić information content (AvgIpc) is 3.08. The molecular formula is C39H50F8O2. The van der Waals surface area contributed by atoms with Gasteiger partial charge in [0.15, 0.2) is 17.5 Å². The number of hydrogen-bond donors (Lipinski definition) is 0. The van der Waals surface area contributed by atoms with Crippen LogP contribution in [0.25, 0.3) is 0 Å². The zero-order valence-electron chi connectivity index (χ0n) is 28.4. The molecular weight excluding hydrogens is 652 g/mol. The summed E-state index contributed by atoms with van der Waals surface area (Å²) in [6.45, 7) is 1.64. The molecule has 3 aliphatic rings. The summed E-state index contributed by atoms with van der Waals surface area (Å²) in [6, 6.07) is 7.06. The molecule has 0 heterocycles. The van der Waals surface area contributed by atoms with E-state index in [4.69, 9.17) is 9.47 Å². The molecule has 0 amide bonds. The second kappa shape index (κ2) is 16.9. The van der Waals surface area contributed by atoms with Crippen molar-refractivity contribution in [2.75, 3.05) is 6.61 Å². The molecule has 0 spiro atoms. The van der Waals surface area contributed by atoms with E-state index in [-0.39, 0.29) is 49.4 Å². The maximum Gasteiger partial charge on any atom is 0.358 e. The number of benzene rings is 2. The summed E-state index contributed by atoms with van der Waals surface area (Å²) in [6.07, 6.45) is 2.71. The van der Waals surface area contributed by atoms with Crippen LogP contribution in [0.15, 0.2) is 30.3 Å². The van der Waals surface area contributed by atoms with Crippen LogP contribution in [0.5, 0.6) is 0 Å². The van der Waals surface area contributed by atoms with Crippen molar-refractivity contribution in [1.82, 2.24) is 0 Å². The molecule has 2 aromatic rings. The van der Waals surface area contributed by atoms with E-state index in [1.807, 2.05) is 6.07 Å². The van der Waals surface area contributed by atoms with Gasteiger partial charge in [0.25, 0.3) is 0 Å². The van der Waals surface area contributed by atoms with Crippen LogP contribution >= 0.6 is 0 Å². The molecule has 3 saturated carbocycles. The molecule has 0 N–H and O–H groups in total. The highest BCUT2D eigenvalue weighted by atomic mass is 19.3. The first-order valence-corrected chi connectivity index (χ1v) is 18.4. The highest BCUT2D eigenvalue weighted by Gasteiger charge is 2.49. The van der Waals surface area contributed by atoms with E-state index in [2.05, 4.69) is 13.0 Å². The van der Waals surface area contributed by atoms with Gasteiger partial charge >= 0.3 is 12.2 Å². The maximum atomic E-state index is 15.3. The van der Waals surface area contributed by atoms with E-state index < -0.39 is 54.2 Å². The lowest BCUT2D eigenvalue weighted by molar-refractivity contribution is -0.313. The molecule has 2 aromatic carbocycles. The molecule has 0 saturated heterocycles. The van der Waals surface area contributed by atoms with Gasteiger partial charge in [-0.05, 0) is 136 Å². The molecule has 0 radical (unpaired) electrons. The SMILES string of the molecule is CCCCCC1CCC(c2ccc(C3CCC(OC(F)(F)C4CCC(C(F)(F)OCCc5cc(F)c(F)c(F)c5)CC4)CC3)c(F)c2)CC1. The highest BCUT2D eigenvalue weighted by Crippen LogP contribution is 2.47. The maximum absolute atomic E-state index is 15.3. The van der Waals surface area contributed by atoms with Crippen molar-refractivity contribution in [3.8, 4) is 0 Å². The third-order valence-corrected chi connectivity index (χ3v) is 11.4. The Balaban J connectivity index is 1.03. The minimum absolute atomic E-state index is 0.0366. The number of rotatable bonds is 14. The zero-order valence-corrected chi connectivity index (χ0v) is 28.4. The van der Waals surface area contributed by atoms with Crippen molar-refractivity contribution in [3.05, 3.63) is 70.3 Å². The molecule has 10 heteroatoms. The number of unbranched alkanes of at least 4 members (excludes halogenated alkanes) is 2. The van der Waals surface area contributed by atoms with E-state index in [1.54, 1.807) is 6.07 Å². The lowest BCUT2D eigenvalue weighted by atomic mass is 9.76. The Bertz CT molecular complexity index is 1320. The first-order valence-electron chi connectivity index (χ1n) is 18.4. The standard InChI is InChI=1S/C39H50F8O2/c1-2-3-4-5-25-6-8-27(9-7-25)29-12-19-33(34(40)24-29)28-10-17-32(18-11-28)49-39(46,47)31-15-13-30(14-16-31)38(44,45)48-21-20-26-22-35(41)37(43)36(42)23-26/h12,19,22-25,27-28,30-32H,2-11,13-18,20-21H2,1H3. The van der Waals surface area contributed by atoms with Crippen LogP contribution in [0.3, 0.4) is 0 Å². The van der Waals surface area contributed by atoms with Crippen LogP contribution in [0.2, 0.25) is 0 Å². The quantitative estimate of drug-likeness (QED) is 0.111. The second-order valence-corrected chi connectivity index (χ2v) is 14.7. The molecule has 49 heavy (non-hydrogen) atoms. The molecule has 5 rings (SSSR count). The summed E-state index contributed by atoms with van der Waals surface area (Å²) in [4.78, 5) is 0. The second-order valence-electron chi connectivity index (χ2n) is 14.7. The monoisotopic (exact) mass is 702 g/mol. The van der Waals surface area contributed by atoms with Gasteiger partial charge in [-0.1, -0.05) is 44.7 Å². The minimum Gasteiger partial charge on any atom is -0.320 e. The fourth-order valence-corrected chi connectivity index (χ4v) is 8.35. The first-order chi connectivity index (χ1) is 23.4. The van der Waals surface area contributed by atoms with Gasteiger partial charge in [-0.25, -0.2) is 17.6 Å². The molecule has 0 bridgehead atoms. The highest BCUT2D eigenvalue weighted by molar-refractivity contribution is 5.30. The number of ether oxygens (including phenoxy) is 2. The van der Waals surface area contributed by atoms with Crippen molar-refractivity contribution < 1.29 is 44.6 Å². The predicted octanol–water partition coefficient (Wildman–Crippen LogP) is 12.4. The Labute approximate surface area is 285 Å². The van der Waals surface area contributed by atoms with E-state index in [9.17, 15) is 22.0 Å². The van der Waals surface area contributed by atoms with Crippen molar-refractivity contribution >= 4 is 0 Å². The molecule has 274 valence electrons. The van der Waals surface area contributed by atoms with E-state index in [1.165, 1.54) is 38.5 Å². The summed E-state index contributed by atoms with van der Waals surface area (Å²) in [7, 11) is 0. The van der Waals surface area contributed by atoms with Crippen molar-refractivity contribution in [3.63, 3.8) is 0 Å². The Morgan fingerprint density at radius 2 is 1.24 bits per heavy atom. The summed E-state index contributed by atoms with van der Waals surface area (Å²) in [5.41, 5.74) is 1.66. The van der Waals surface area contributed by atoms with Gasteiger partial charge in [0.1, 0.15) is 5.82 Å². The molecule has 0 aromatic heterocycles. The van der Waals surface area contributed by atoms with E-state index in [0.29, 0.717) is 37.2 Å². The van der Waals surface area contributed by atoms with Gasteiger partial charge in [-0.15, -0.1) is 0 Å². The average molecular weight is 703 g/mol. The predicted molar refractivity (Wildman–Crippen MR) is 173 cm³/mol. The fraction of sp³-hybridized carbons (Fsp3) is 0.692. The third-order valence-electron chi connectivity index (χ3n) is 11.4. The van der Waals surface area contributed by atoms with Crippen molar-refractivity contribution in [1.29, 1.82) is 0 Å². The molecule has 2 nitrogen and oxygen atoms in total. The van der Waals surface area contributed by atoms with Gasteiger partial charge in [-0.2, -0.15) is 17.6 Å². The Kier molecular flexibility index (Phi) is 13.1. The van der Waals surface area contributed by atoms with E-state index in [0.717, 1.165) is 36.5 Å². The first kappa shape index (κ1) is 38.0. The van der Waals surface area contributed by atoms with Gasteiger partial charge < -0.3 is 9.47 Å². The molecule has 3 aliphatic carbocycles. The normalized spacial score (nSPS) is 27.0. The van der Waals surface area contributed by atoms with Crippen LogP contribution in [0.1, 0.15) is 138 Å². The van der Waals surface area contributed by atoms with Gasteiger partial charge in [-0.3, -0.25) is 0 Å². The number of alkyl halides is 4. The van der Waals surface area contributed by atoms with Crippen molar-refractivity contribution in [2.24, 2.45) is 17.8 Å². The van der Waals surface area contributed by atoms with Crippen LogP contribution in [0, 0.1) is 41.0 Å². The summed E-state index contributed by atoms with van der Waals surface area (Å²) in [5, 5.41) is 0. The van der Waals surface area contributed by atoms with Crippen LogP contribution in [0.4, 0.5) is 35.1 Å². The Morgan fingerprint density at radius 1 is 0.653 bits per heavy atom. The smallest absolute Gasteiger partial charge is 0.320 e. The Morgan fingerprint density at radius 3 is 1.84 bits per heavy atom. The van der Waals surface area contributed by atoms with Crippen LogP contribution < -0.4 is 0 Å². The van der Waals surface area contributed by atoms with Gasteiger partial charge in [0.2, 0.25) is 0 Å². The summed E-state index contributed by atoms with van der Waals surface area (Å²) in [5.74, 6) is -6.08. The molecule has 0 unspecified atom stereocenters. The van der Waals surface area contributed by atoms with Crippen LogP contribution in [-0.2, 0) is 15.9 Å². The minimum atomic E-state index is -3.61. The lowest BCUT2D eigenvalue weighted by Gasteiger charge is -2.38.